The van der Waals surface area contributed by atoms with E-state index in [1.807, 2.05) is 29.9 Å². The Kier molecular flexibility index (Phi) is 8.23. The van der Waals surface area contributed by atoms with Crippen LogP contribution in [-0.2, 0) is 35.3 Å². The molecule has 1 aliphatic carbocycles. The molecule has 0 fully saturated rings. The molecular formula is C24H28N4O3S3. The van der Waals surface area contributed by atoms with E-state index in [2.05, 4.69) is 28.2 Å². The molecule has 4 rings (SSSR count). The number of esters is 1. The van der Waals surface area contributed by atoms with Crippen LogP contribution in [-0.4, -0.2) is 38.5 Å². The number of nitrogens with one attached hydrogen (secondary N) is 1. The fourth-order valence-corrected chi connectivity index (χ4v) is 6.64. The van der Waals surface area contributed by atoms with Gasteiger partial charge >= 0.3 is 5.97 Å². The molecule has 1 N–H and O–H groups in total. The van der Waals surface area contributed by atoms with Crippen LogP contribution in [0.25, 0.3) is 0 Å². The van der Waals surface area contributed by atoms with Gasteiger partial charge in [-0.15, -0.1) is 39.4 Å². The number of hydrogen-bond acceptors (Lipinski definition) is 8. The Hall–Kier alpha value is -2.43. The van der Waals surface area contributed by atoms with Crippen LogP contribution in [0.3, 0.4) is 0 Å². The van der Waals surface area contributed by atoms with Crippen molar-refractivity contribution in [2.75, 3.05) is 11.1 Å². The molecule has 0 aliphatic heterocycles. The van der Waals surface area contributed by atoms with Crippen molar-refractivity contribution in [3.8, 4) is 0 Å². The van der Waals surface area contributed by atoms with Gasteiger partial charge in [-0.25, -0.2) is 4.79 Å². The average Bonchev–Trinajstić information content (AvgIpc) is 3.52. The largest absolute Gasteiger partial charge is 0.459 e. The summed E-state index contributed by atoms with van der Waals surface area (Å²) >= 11 is 4.50. The van der Waals surface area contributed by atoms with Gasteiger partial charge < -0.3 is 14.6 Å². The summed E-state index contributed by atoms with van der Waals surface area (Å²) in [5, 5.41) is 14.9. The molecule has 0 spiro atoms. The van der Waals surface area contributed by atoms with Gasteiger partial charge in [0, 0.05) is 22.7 Å². The summed E-state index contributed by atoms with van der Waals surface area (Å²) in [5.41, 5.74) is 1.56. The number of thiophene rings is 2. The first-order valence-corrected chi connectivity index (χ1v) is 14.0. The Labute approximate surface area is 211 Å². The van der Waals surface area contributed by atoms with Crippen molar-refractivity contribution in [2.24, 2.45) is 0 Å². The average molecular weight is 517 g/mol. The van der Waals surface area contributed by atoms with Crippen molar-refractivity contribution in [3.63, 3.8) is 0 Å². The van der Waals surface area contributed by atoms with Gasteiger partial charge in [-0.1, -0.05) is 23.9 Å². The summed E-state index contributed by atoms with van der Waals surface area (Å²) in [7, 11) is 0. The molecule has 3 heterocycles. The zero-order valence-corrected chi connectivity index (χ0v) is 21.8. The highest BCUT2D eigenvalue weighted by Crippen LogP contribution is 2.39. The molecule has 34 heavy (non-hydrogen) atoms. The molecule has 0 aromatic carbocycles. The molecule has 7 nitrogen and oxygen atoms in total. The lowest BCUT2D eigenvalue weighted by Gasteiger charge is -2.14. The van der Waals surface area contributed by atoms with E-state index in [0.29, 0.717) is 28.7 Å². The van der Waals surface area contributed by atoms with Crippen molar-refractivity contribution >= 4 is 51.3 Å². The highest BCUT2D eigenvalue weighted by molar-refractivity contribution is 7.99. The first-order chi connectivity index (χ1) is 16.5. The predicted molar refractivity (Wildman–Crippen MR) is 138 cm³/mol. The summed E-state index contributed by atoms with van der Waals surface area (Å²) in [4.78, 5) is 28.1. The van der Waals surface area contributed by atoms with E-state index in [1.165, 1.54) is 32.9 Å². The van der Waals surface area contributed by atoms with Crippen molar-refractivity contribution in [1.29, 1.82) is 0 Å². The minimum atomic E-state index is -0.360. The topological polar surface area (TPSA) is 86.1 Å². The number of fused-ring (bicyclic) bond motifs is 1. The third-order valence-electron chi connectivity index (χ3n) is 5.32. The lowest BCUT2D eigenvalue weighted by molar-refractivity contribution is -0.113. The van der Waals surface area contributed by atoms with Gasteiger partial charge in [0.2, 0.25) is 5.91 Å². The van der Waals surface area contributed by atoms with Gasteiger partial charge in [0.15, 0.2) is 5.16 Å². The molecule has 0 atom stereocenters. The van der Waals surface area contributed by atoms with E-state index in [9.17, 15) is 9.59 Å². The first-order valence-electron chi connectivity index (χ1n) is 11.3. The van der Waals surface area contributed by atoms with Gasteiger partial charge in [0.05, 0.1) is 17.4 Å². The number of hydrogen-bond donors (Lipinski definition) is 1. The smallest absolute Gasteiger partial charge is 0.341 e. The summed E-state index contributed by atoms with van der Waals surface area (Å²) in [5.74, 6) is 0.460. The Balaban J connectivity index is 1.46. The maximum absolute atomic E-state index is 12.9. The van der Waals surface area contributed by atoms with E-state index < -0.39 is 0 Å². The summed E-state index contributed by atoms with van der Waals surface area (Å²) in [6.07, 6.45) is 6.19. The van der Waals surface area contributed by atoms with Gasteiger partial charge in [-0.3, -0.25) is 4.79 Å². The molecule has 0 unspecified atom stereocenters. The molecule has 3 aromatic heterocycles. The molecule has 0 saturated heterocycles. The third kappa shape index (κ3) is 5.79. The van der Waals surface area contributed by atoms with Crippen LogP contribution in [0, 0.1) is 0 Å². The second kappa shape index (κ2) is 11.3. The van der Waals surface area contributed by atoms with E-state index in [4.69, 9.17) is 4.74 Å². The quantitative estimate of drug-likeness (QED) is 0.222. The number of aromatic nitrogens is 3. The molecule has 0 bridgehead atoms. The fraction of sp³-hybridized carbons (Fsp3) is 0.417. The standard InChI is InChI=1S/C24H28N4O3S3/c1-4-11-28-19(13-16-8-7-12-32-16)26-27-24(28)33-14-20(29)25-22-21(23(30)31-15(2)3)17-9-5-6-10-18(17)34-22/h4,7-8,12,15H,1,5-6,9-11,13-14H2,2-3H3,(H,25,29). The number of anilines is 1. The monoisotopic (exact) mass is 516 g/mol. The van der Waals surface area contributed by atoms with Crippen LogP contribution < -0.4 is 5.32 Å². The summed E-state index contributed by atoms with van der Waals surface area (Å²) < 4.78 is 7.47. The highest BCUT2D eigenvalue weighted by atomic mass is 32.2. The van der Waals surface area contributed by atoms with Crippen LogP contribution in [0.1, 0.15) is 58.2 Å². The number of ether oxygens (including phenoxy) is 1. The zero-order chi connectivity index (χ0) is 24.1. The van der Waals surface area contributed by atoms with Crippen molar-refractivity contribution < 1.29 is 14.3 Å². The molecule has 0 saturated carbocycles. The maximum Gasteiger partial charge on any atom is 0.341 e. The van der Waals surface area contributed by atoms with Gasteiger partial charge in [-0.2, -0.15) is 0 Å². The summed E-state index contributed by atoms with van der Waals surface area (Å²) in [6.45, 7) is 8.07. The minimum Gasteiger partial charge on any atom is -0.459 e. The number of aryl methyl sites for hydroxylation is 1. The minimum absolute atomic E-state index is 0.162. The molecular weight excluding hydrogens is 488 g/mol. The van der Waals surface area contributed by atoms with Gasteiger partial charge in [0.1, 0.15) is 10.8 Å². The zero-order valence-electron chi connectivity index (χ0n) is 19.3. The SMILES string of the molecule is C=CCn1c(Cc2cccs2)nnc1SCC(=O)Nc1sc2c(c1C(=O)OC(C)C)CCCC2. The molecule has 10 heteroatoms. The van der Waals surface area contributed by atoms with Crippen LogP contribution in [0.4, 0.5) is 5.00 Å². The Morgan fingerprint density at radius 3 is 2.88 bits per heavy atom. The third-order valence-corrected chi connectivity index (χ3v) is 8.37. The highest BCUT2D eigenvalue weighted by Gasteiger charge is 2.28. The fourth-order valence-electron chi connectivity index (χ4n) is 3.87. The van der Waals surface area contributed by atoms with Crippen molar-refractivity contribution in [1.82, 2.24) is 14.8 Å². The number of carbonyl (C=O) groups excluding carboxylic acids is 2. The van der Waals surface area contributed by atoms with Crippen LogP contribution in [0.5, 0.6) is 0 Å². The van der Waals surface area contributed by atoms with E-state index >= 15 is 0 Å². The summed E-state index contributed by atoms with van der Waals surface area (Å²) in [6, 6.07) is 4.09. The lowest BCUT2D eigenvalue weighted by Crippen LogP contribution is -2.19. The van der Waals surface area contributed by atoms with Crippen LogP contribution in [0.15, 0.2) is 35.3 Å². The molecule has 1 amide bonds. The molecule has 0 radical (unpaired) electrons. The predicted octanol–water partition coefficient (Wildman–Crippen LogP) is 5.35. The van der Waals surface area contributed by atoms with E-state index in [-0.39, 0.29) is 23.7 Å². The van der Waals surface area contributed by atoms with Crippen molar-refractivity contribution in [3.05, 3.63) is 56.9 Å². The lowest BCUT2D eigenvalue weighted by atomic mass is 9.95. The Bertz CT molecular complexity index is 1160. The molecule has 180 valence electrons. The van der Waals surface area contributed by atoms with E-state index in [1.54, 1.807) is 17.4 Å². The van der Waals surface area contributed by atoms with Gasteiger partial charge in [0.25, 0.3) is 0 Å². The molecule has 1 aliphatic rings. The number of carbonyl (C=O) groups is 2. The normalized spacial score (nSPS) is 13.0. The van der Waals surface area contributed by atoms with Crippen LogP contribution >= 0.6 is 34.4 Å². The second-order valence-corrected chi connectivity index (χ2v) is 11.3. The number of amides is 1. The number of rotatable bonds is 10. The second-order valence-electron chi connectivity index (χ2n) is 8.26. The maximum atomic E-state index is 12.9. The van der Waals surface area contributed by atoms with Gasteiger partial charge in [-0.05, 0) is 56.5 Å². The first kappa shape index (κ1) is 24.7. The van der Waals surface area contributed by atoms with Crippen molar-refractivity contribution in [2.45, 2.75) is 63.8 Å². The Morgan fingerprint density at radius 1 is 1.32 bits per heavy atom. The van der Waals surface area contributed by atoms with Crippen LogP contribution in [0.2, 0.25) is 0 Å². The number of thioether (sulfide) groups is 1. The Morgan fingerprint density at radius 2 is 2.15 bits per heavy atom. The molecule has 3 aromatic rings. The number of nitrogens with zero attached hydrogens (tertiary/aromatic N) is 3. The number of allylic oxidation sites excluding steroid dienone is 1. The van der Waals surface area contributed by atoms with E-state index in [0.717, 1.165) is 37.1 Å².